The van der Waals surface area contributed by atoms with E-state index in [1.165, 1.54) is 13.0 Å². The van der Waals surface area contributed by atoms with E-state index < -0.39 is 11.9 Å². The second kappa shape index (κ2) is 5.70. The molecule has 1 rings (SSSR count). The molecule has 0 atom stereocenters. The monoisotopic (exact) mass is 273 g/mol. The number of amides is 1. The standard InChI is InChI=1S/C11H9Cl2NO3/c1-6(15)14-10(11(16)17)5-7-8(12)3-2-4-9(7)13/h2-5H,1H3,(H,14,15)(H,16,17)/b10-5+. The molecule has 0 saturated heterocycles. The molecule has 0 spiro atoms. The number of halogens is 2. The van der Waals surface area contributed by atoms with Gasteiger partial charge in [0.2, 0.25) is 5.91 Å². The smallest absolute Gasteiger partial charge is 0.352 e. The number of carboxylic acid groups (broad SMARTS) is 1. The molecule has 0 radical (unpaired) electrons. The molecule has 2 N–H and O–H groups in total. The minimum absolute atomic E-state index is 0.285. The Labute approximate surface area is 108 Å². The van der Waals surface area contributed by atoms with Crippen molar-refractivity contribution in [3.63, 3.8) is 0 Å². The van der Waals surface area contributed by atoms with Crippen molar-refractivity contribution in [2.75, 3.05) is 0 Å². The quantitative estimate of drug-likeness (QED) is 0.832. The molecule has 0 unspecified atom stereocenters. The van der Waals surface area contributed by atoms with Gasteiger partial charge in [0, 0.05) is 22.5 Å². The number of carbonyl (C=O) groups is 2. The average Bonchev–Trinajstić information content (AvgIpc) is 2.21. The summed E-state index contributed by atoms with van der Waals surface area (Å²) < 4.78 is 0. The molecule has 0 heterocycles. The summed E-state index contributed by atoms with van der Waals surface area (Å²) in [6, 6.07) is 4.79. The second-order valence-electron chi connectivity index (χ2n) is 3.18. The van der Waals surface area contributed by atoms with E-state index in [9.17, 15) is 9.59 Å². The molecular weight excluding hydrogens is 265 g/mol. The van der Waals surface area contributed by atoms with Crippen molar-refractivity contribution in [1.29, 1.82) is 0 Å². The number of rotatable bonds is 3. The highest BCUT2D eigenvalue weighted by molar-refractivity contribution is 6.37. The second-order valence-corrected chi connectivity index (χ2v) is 3.99. The lowest BCUT2D eigenvalue weighted by molar-refractivity contribution is -0.134. The summed E-state index contributed by atoms with van der Waals surface area (Å²) in [7, 11) is 0. The average molecular weight is 274 g/mol. The van der Waals surface area contributed by atoms with Gasteiger partial charge in [-0.15, -0.1) is 0 Å². The summed E-state index contributed by atoms with van der Waals surface area (Å²) in [6.07, 6.45) is 1.22. The molecule has 4 nitrogen and oxygen atoms in total. The zero-order chi connectivity index (χ0) is 13.0. The largest absolute Gasteiger partial charge is 0.477 e. The van der Waals surface area contributed by atoms with Crippen LogP contribution in [-0.2, 0) is 9.59 Å². The molecule has 6 heteroatoms. The number of carbonyl (C=O) groups excluding carboxylic acids is 1. The van der Waals surface area contributed by atoms with Gasteiger partial charge in [-0.05, 0) is 18.2 Å². The highest BCUT2D eigenvalue weighted by Gasteiger charge is 2.11. The lowest BCUT2D eigenvalue weighted by Gasteiger charge is -2.05. The number of carboxylic acids is 1. The first-order valence-electron chi connectivity index (χ1n) is 4.58. The number of hydrogen-bond donors (Lipinski definition) is 2. The van der Waals surface area contributed by atoms with Crippen molar-refractivity contribution < 1.29 is 14.7 Å². The predicted molar refractivity (Wildman–Crippen MR) is 65.9 cm³/mol. The summed E-state index contributed by atoms with van der Waals surface area (Å²) in [5, 5.41) is 11.7. The summed E-state index contributed by atoms with van der Waals surface area (Å²) in [6.45, 7) is 1.21. The normalized spacial score (nSPS) is 11.1. The maximum absolute atomic E-state index is 10.9. The molecule has 0 aromatic heterocycles. The highest BCUT2D eigenvalue weighted by Crippen LogP contribution is 2.26. The van der Waals surface area contributed by atoms with Gasteiger partial charge in [0.1, 0.15) is 5.70 Å². The van der Waals surface area contributed by atoms with Crippen molar-refractivity contribution >= 4 is 41.2 Å². The summed E-state index contributed by atoms with van der Waals surface area (Å²) in [5.74, 6) is -1.75. The number of aliphatic carboxylic acids is 1. The maximum Gasteiger partial charge on any atom is 0.352 e. The lowest BCUT2D eigenvalue weighted by Crippen LogP contribution is -2.24. The van der Waals surface area contributed by atoms with E-state index in [4.69, 9.17) is 28.3 Å². The van der Waals surface area contributed by atoms with Gasteiger partial charge in [0.15, 0.2) is 0 Å². The predicted octanol–water partition coefficient (Wildman–Crippen LogP) is 2.56. The minimum Gasteiger partial charge on any atom is -0.477 e. The van der Waals surface area contributed by atoms with Crippen molar-refractivity contribution in [3.05, 3.63) is 39.5 Å². The van der Waals surface area contributed by atoms with Crippen LogP contribution in [0.4, 0.5) is 0 Å². The fourth-order valence-electron chi connectivity index (χ4n) is 1.13. The van der Waals surface area contributed by atoms with E-state index >= 15 is 0 Å². The molecule has 0 aliphatic rings. The van der Waals surface area contributed by atoms with E-state index in [1.807, 2.05) is 0 Å². The van der Waals surface area contributed by atoms with Crippen LogP contribution in [0.25, 0.3) is 6.08 Å². The van der Waals surface area contributed by atoms with E-state index in [0.717, 1.165) is 0 Å². The Hall–Kier alpha value is -1.52. The third-order valence-corrected chi connectivity index (χ3v) is 2.49. The van der Waals surface area contributed by atoms with Gasteiger partial charge in [-0.1, -0.05) is 29.3 Å². The van der Waals surface area contributed by atoms with Gasteiger partial charge in [-0.2, -0.15) is 0 Å². The topological polar surface area (TPSA) is 66.4 Å². The van der Waals surface area contributed by atoms with E-state index in [0.29, 0.717) is 15.6 Å². The number of nitrogens with one attached hydrogen (secondary N) is 1. The van der Waals surface area contributed by atoms with Crippen LogP contribution in [0.2, 0.25) is 10.0 Å². The molecule has 0 aliphatic heterocycles. The van der Waals surface area contributed by atoms with Crippen LogP contribution in [0, 0.1) is 0 Å². The number of benzene rings is 1. The Balaban J connectivity index is 3.21. The molecule has 90 valence electrons. The molecule has 1 amide bonds. The Bertz CT molecular complexity index is 477. The minimum atomic E-state index is -1.27. The van der Waals surface area contributed by atoms with Crippen LogP contribution in [0.1, 0.15) is 12.5 Å². The van der Waals surface area contributed by atoms with Gasteiger partial charge >= 0.3 is 5.97 Å². The van der Waals surface area contributed by atoms with Crippen LogP contribution in [0.15, 0.2) is 23.9 Å². The Kier molecular flexibility index (Phi) is 4.54. The molecule has 0 saturated carbocycles. The van der Waals surface area contributed by atoms with Gasteiger partial charge < -0.3 is 10.4 Å². The third-order valence-electron chi connectivity index (χ3n) is 1.83. The van der Waals surface area contributed by atoms with E-state index in [2.05, 4.69) is 5.32 Å². The molecule has 17 heavy (non-hydrogen) atoms. The molecule has 1 aromatic carbocycles. The Morgan fingerprint density at radius 2 is 1.82 bits per heavy atom. The zero-order valence-electron chi connectivity index (χ0n) is 8.83. The first kappa shape index (κ1) is 13.5. The summed E-state index contributed by atoms with van der Waals surface area (Å²) in [4.78, 5) is 21.7. The first-order chi connectivity index (χ1) is 7.91. The maximum atomic E-state index is 10.9. The molecule has 0 bridgehead atoms. The van der Waals surface area contributed by atoms with Crippen LogP contribution in [0.3, 0.4) is 0 Å². The van der Waals surface area contributed by atoms with Crippen LogP contribution in [0.5, 0.6) is 0 Å². The molecular formula is C11H9Cl2NO3. The van der Waals surface area contributed by atoms with Gasteiger partial charge in [0.05, 0.1) is 0 Å². The highest BCUT2D eigenvalue weighted by atomic mass is 35.5. The van der Waals surface area contributed by atoms with E-state index in [1.54, 1.807) is 18.2 Å². The van der Waals surface area contributed by atoms with Crippen LogP contribution >= 0.6 is 23.2 Å². The SMILES string of the molecule is CC(=O)N/C(=C/c1c(Cl)cccc1Cl)C(=O)O. The molecule has 0 fully saturated rings. The van der Waals surface area contributed by atoms with Crippen molar-refractivity contribution in [1.82, 2.24) is 5.32 Å². The van der Waals surface area contributed by atoms with Crippen molar-refractivity contribution in [2.24, 2.45) is 0 Å². The van der Waals surface area contributed by atoms with E-state index in [-0.39, 0.29) is 5.70 Å². The molecule has 1 aromatic rings. The first-order valence-corrected chi connectivity index (χ1v) is 5.34. The zero-order valence-corrected chi connectivity index (χ0v) is 10.3. The third kappa shape index (κ3) is 3.76. The van der Waals surface area contributed by atoms with Crippen molar-refractivity contribution in [2.45, 2.75) is 6.92 Å². The number of hydrogen-bond acceptors (Lipinski definition) is 2. The molecule has 0 aliphatic carbocycles. The van der Waals surface area contributed by atoms with Gasteiger partial charge in [-0.25, -0.2) is 4.79 Å². The van der Waals surface area contributed by atoms with Crippen LogP contribution in [-0.4, -0.2) is 17.0 Å². The fraction of sp³-hybridized carbons (Fsp3) is 0.0909. The lowest BCUT2D eigenvalue weighted by atomic mass is 10.2. The Morgan fingerprint density at radius 1 is 1.29 bits per heavy atom. The fourth-order valence-corrected chi connectivity index (χ4v) is 1.64. The van der Waals surface area contributed by atoms with Gasteiger partial charge in [0.25, 0.3) is 0 Å². The van der Waals surface area contributed by atoms with Crippen LogP contribution < -0.4 is 5.32 Å². The Morgan fingerprint density at radius 3 is 2.24 bits per heavy atom. The van der Waals surface area contributed by atoms with Gasteiger partial charge in [-0.3, -0.25) is 4.79 Å². The van der Waals surface area contributed by atoms with Crippen molar-refractivity contribution in [3.8, 4) is 0 Å². The summed E-state index contributed by atoms with van der Waals surface area (Å²) >= 11 is 11.8. The summed E-state index contributed by atoms with van der Waals surface area (Å²) in [5.41, 5.74) is 0.0643.